The fourth-order valence-electron chi connectivity index (χ4n) is 3.39. The molecule has 102 valence electrons. The van der Waals surface area contributed by atoms with E-state index in [0.717, 1.165) is 37.0 Å². The molecule has 0 amide bonds. The van der Waals surface area contributed by atoms with Crippen LogP contribution in [0.25, 0.3) is 0 Å². The maximum absolute atomic E-state index is 5.80. The summed E-state index contributed by atoms with van der Waals surface area (Å²) in [6.45, 7) is 11.3. The van der Waals surface area contributed by atoms with E-state index in [1.807, 2.05) is 0 Å². The molecule has 2 N–H and O–H groups in total. The van der Waals surface area contributed by atoms with E-state index in [9.17, 15) is 0 Å². The molecule has 0 aromatic heterocycles. The summed E-state index contributed by atoms with van der Waals surface area (Å²) >= 11 is 0. The van der Waals surface area contributed by atoms with Gasteiger partial charge >= 0.3 is 0 Å². The van der Waals surface area contributed by atoms with Gasteiger partial charge in [-0.1, -0.05) is 27.7 Å². The van der Waals surface area contributed by atoms with Gasteiger partial charge in [0.2, 0.25) is 0 Å². The highest BCUT2D eigenvalue weighted by Gasteiger charge is 2.30. The van der Waals surface area contributed by atoms with Gasteiger partial charge in [-0.3, -0.25) is 4.90 Å². The Morgan fingerprint density at radius 3 is 2.24 bits per heavy atom. The Bertz CT molecular complexity index is 201. The first-order chi connectivity index (χ1) is 8.13. The number of nitrogens with zero attached hydrogens (tertiary/aromatic N) is 1. The molecule has 1 aliphatic rings. The highest BCUT2D eigenvalue weighted by Crippen LogP contribution is 2.33. The molecule has 1 fully saturated rings. The molecule has 1 aliphatic carbocycles. The van der Waals surface area contributed by atoms with Crippen LogP contribution < -0.4 is 5.73 Å². The monoisotopic (exact) mass is 240 g/mol. The van der Waals surface area contributed by atoms with Gasteiger partial charge in [0.15, 0.2) is 0 Å². The zero-order valence-corrected chi connectivity index (χ0v) is 12.3. The molecule has 0 aromatic rings. The SMILES string of the molecule is CCC(CC)N(CCN)C1CCC(C)C(C)C1. The lowest BCUT2D eigenvalue weighted by atomic mass is 9.78. The van der Waals surface area contributed by atoms with Crippen LogP contribution in [-0.4, -0.2) is 30.1 Å². The first kappa shape index (κ1) is 15.0. The largest absolute Gasteiger partial charge is 0.329 e. The van der Waals surface area contributed by atoms with Crippen LogP contribution in [0.2, 0.25) is 0 Å². The molecular formula is C15H32N2. The summed E-state index contributed by atoms with van der Waals surface area (Å²) in [6, 6.07) is 1.53. The van der Waals surface area contributed by atoms with Crippen molar-refractivity contribution in [2.75, 3.05) is 13.1 Å². The van der Waals surface area contributed by atoms with Gasteiger partial charge in [-0.05, 0) is 43.9 Å². The van der Waals surface area contributed by atoms with E-state index in [-0.39, 0.29) is 0 Å². The lowest BCUT2D eigenvalue weighted by Crippen LogP contribution is -2.48. The summed E-state index contributed by atoms with van der Waals surface area (Å²) in [6.07, 6.45) is 6.67. The second-order valence-corrected chi connectivity index (χ2v) is 5.92. The first-order valence-corrected chi connectivity index (χ1v) is 7.59. The van der Waals surface area contributed by atoms with Crippen molar-refractivity contribution in [3.63, 3.8) is 0 Å². The maximum Gasteiger partial charge on any atom is 0.0110 e. The van der Waals surface area contributed by atoms with E-state index >= 15 is 0 Å². The zero-order chi connectivity index (χ0) is 12.8. The molecule has 0 aromatic carbocycles. The molecule has 2 heteroatoms. The van der Waals surface area contributed by atoms with Crippen LogP contribution in [0.5, 0.6) is 0 Å². The van der Waals surface area contributed by atoms with Crippen molar-refractivity contribution in [2.24, 2.45) is 17.6 Å². The highest BCUT2D eigenvalue weighted by molar-refractivity contribution is 4.85. The predicted molar refractivity (Wildman–Crippen MR) is 76.1 cm³/mol. The van der Waals surface area contributed by atoms with E-state index < -0.39 is 0 Å². The molecule has 2 nitrogen and oxygen atoms in total. The van der Waals surface area contributed by atoms with Gasteiger partial charge in [-0.25, -0.2) is 0 Å². The number of rotatable bonds is 6. The molecule has 0 radical (unpaired) electrons. The Balaban J connectivity index is 2.63. The molecule has 3 atom stereocenters. The number of nitrogens with two attached hydrogens (primary N) is 1. The van der Waals surface area contributed by atoms with Crippen molar-refractivity contribution in [3.05, 3.63) is 0 Å². The fourth-order valence-corrected chi connectivity index (χ4v) is 3.39. The molecule has 1 rings (SSSR count). The van der Waals surface area contributed by atoms with Gasteiger partial charge in [0.1, 0.15) is 0 Å². The van der Waals surface area contributed by atoms with Crippen LogP contribution in [0, 0.1) is 11.8 Å². The predicted octanol–water partition coefficient (Wildman–Crippen LogP) is 3.26. The van der Waals surface area contributed by atoms with Crippen LogP contribution in [0.15, 0.2) is 0 Å². The Labute approximate surface area is 108 Å². The molecule has 0 aliphatic heterocycles. The Hall–Kier alpha value is -0.0800. The zero-order valence-electron chi connectivity index (χ0n) is 12.3. The summed E-state index contributed by atoms with van der Waals surface area (Å²) in [5.74, 6) is 1.79. The van der Waals surface area contributed by atoms with Crippen LogP contribution in [0.4, 0.5) is 0 Å². The highest BCUT2D eigenvalue weighted by atomic mass is 15.2. The summed E-state index contributed by atoms with van der Waals surface area (Å²) in [5.41, 5.74) is 5.80. The van der Waals surface area contributed by atoms with Crippen molar-refractivity contribution >= 4 is 0 Å². The van der Waals surface area contributed by atoms with Crippen molar-refractivity contribution in [1.82, 2.24) is 4.90 Å². The quantitative estimate of drug-likeness (QED) is 0.772. The summed E-state index contributed by atoms with van der Waals surface area (Å²) in [7, 11) is 0. The summed E-state index contributed by atoms with van der Waals surface area (Å²) in [4.78, 5) is 2.71. The normalized spacial score (nSPS) is 30.2. The average molecular weight is 240 g/mol. The first-order valence-electron chi connectivity index (χ1n) is 7.59. The Morgan fingerprint density at radius 2 is 1.76 bits per heavy atom. The minimum atomic E-state index is 0.740. The second-order valence-electron chi connectivity index (χ2n) is 5.92. The Morgan fingerprint density at radius 1 is 1.12 bits per heavy atom. The molecule has 0 heterocycles. The van der Waals surface area contributed by atoms with Gasteiger partial charge < -0.3 is 5.73 Å². The lowest BCUT2D eigenvalue weighted by molar-refractivity contribution is 0.0697. The van der Waals surface area contributed by atoms with Crippen LogP contribution in [-0.2, 0) is 0 Å². The number of hydrogen-bond acceptors (Lipinski definition) is 2. The van der Waals surface area contributed by atoms with Crippen molar-refractivity contribution in [1.29, 1.82) is 0 Å². The molecular weight excluding hydrogens is 208 g/mol. The minimum Gasteiger partial charge on any atom is -0.329 e. The maximum atomic E-state index is 5.80. The molecule has 3 unspecified atom stereocenters. The third kappa shape index (κ3) is 3.96. The lowest BCUT2D eigenvalue weighted by Gasteiger charge is -2.42. The third-order valence-corrected chi connectivity index (χ3v) is 4.84. The second kappa shape index (κ2) is 7.38. The van der Waals surface area contributed by atoms with E-state index in [1.54, 1.807) is 0 Å². The summed E-state index contributed by atoms with van der Waals surface area (Å²) < 4.78 is 0. The van der Waals surface area contributed by atoms with Gasteiger partial charge in [0, 0.05) is 25.2 Å². The van der Waals surface area contributed by atoms with Crippen LogP contribution in [0.3, 0.4) is 0 Å². The molecule has 0 saturated heterocycles. The minimum absolute atomic E-state index is 0.740. The van der Waals surface area contributed by atoms with E-state index in [1.165, 1.54) is 32.1 Å². The van der Waals surface area contributed by atoms with E-state index in [4.69, 9.17) is 5.73 Å². The molecule has 17 heavy (non-hydrogen) atoms. The summed E-state index contributed by atoms with van der Waals surface area (Å²) in [5, 5.41) is 0. The van der Waals surface area contributed by atoms with Gasteiger partial charge in [-0.2, -0.15) is 0 Å². The van der Waals surface area contributed by atoms with Gasteiger partial charge in [0.05, 0.1) is 0 Å². The molecule has 0 spiro atoms. The number of hydrogen-bond donors (Lipinski definition) is 1. The fraction of sp³-hybridized carbons (Fsp3) is 1.00. The van der Waals surface area contributed by atoms with Gasteiger partial charge in [-0.15, -0.1) is 0 Å². The Kier molecular flexibility index (Phi) is 6.50. The standard InChI is InChI=1S/C15H32N2/c1-5-14(6-2)17(10-9-16)15-8-7-12(3)13(4)11-15/h12-15H,5-11,16H2,1-4H3. The molecule has 0 bridgehead atoms. The third-order valence-electron chi connectivity index (χ3n) is 4.84. The van der Waals surface area contributed by atoms with Crippen LogP contribution >= 0.6 is 0 Å². The topological polar surface area (TPSA) is 29.3 Å². The van der Waals surface area contributed by atoms with E-state index in [0.29, 0.717) is 0 Å². The molecule has 1 saturated carbocycles. The van der Waals surface area contributed by atoms with Crippen LogP contribution in [0.1, 0.15) is 59.8 Å². The van der Waals surface area contributed by atoms with Crippen molar-refractivity contribution in [3.8, 4) is 0 Å². The van der Waals surface area contributed by atoms with E-state index in [2.05, 4.69) is 32.6 Å². The van der Waals surface area contributed by atoms with Gasteiger partial charge in [0.25, 0.3) is 0 Å². The smallest absolute Gasteiger partial charge is 0.0110 e. The van der Waals surface area contributed by atoms with Crippen molar-refractivity contribution in [2.45, 2.75) is 71.9 Å². The van der Waals surface area contributed by atoms with Crippen molar-refractivity contribution < 1.29 is 0 Å². The average Bonchev–Trinajstić information content (AvgIpc) is 2.33.